The molecule has 0 fully saturated rings. The Kier molecular flexibility index (Phi) is 43.5. The Hall–Kier alpha value is -9.10. The van der Waals surface area contributed by atoms with E-state index in [9.17, 15) is 0 Å². The average molecular weight is 1390 g/mol. The lowest BCUT2D eigenvalue weighted by molar-refractivity contribution is 0.560. The van der Waals surface area contributed by atoms with Gasteiger partial charge in [-0.05, 0) is 165 Å². The summed E-state index contributed by atoms with van der Waals surface area (Å²) in [6.07, 6.45) is 21.3. The number of H-pyrrole nitrogens is 2. The molecule has 1 aliphatic rings. The number of rotatable bonds is 0. The fraction of sp³-hybridized carbons (Fsp3) is 0.236. The fourth-order valence-corrected chi connectivity index (χ4v) is 9.95. The number of nitrogens with zero attached hydrogens (tertiary/aromatic N) is 13. The molecule has 2 aromatic carbocycles. The van der Waals surface area contributed by atoms with Crippen molar-refractivity contribution in [1.29, 1.82) is 0 Å². The normalized spacial score (nSPS) is 9.93. The monoisotopic (exact) mass is 1390 g/mol. The number of hydrogen-bond acceptors (Lipinski definition) is 21. The molecule has 500 valence electrons. The van der Waals surface area contributed by atoms with E-state index in [-0.39, 0.29) is 14.9 Å². The number of nitrogens with one attached hydrogen (secondary N) is 2. The number of aliphatic imine (C=N–C) groups is 1. The van der Waals surface area contributed by atoms with E-state index < -0.39 is 0 Å². The molecule has 95 heavy (non-hydrogen) atoms. The van der Waals surface area contributed by atoms with Gasteiger partial charge in [-0.1, -0.05) is 57.3 Å². The highest BCUT2D eigenvalue weighted by Gasteiger charge is 2.00. The third-order valence-corrected chi connectivity index (χ3v) is 15.6. The van der Waals surface area contributed by atoms with E-state index in [0.717, 1.165) is 67.4 Å². The van der Waals surface area contributed by atoms with Crippen LogP contribution in [0, 0.1) is 83.1 Å². The van der Waals surface area contributed by atoms with Gasteiger partial charge in [0.2, 0.25) is 0 Å². The van der Waals surface area contributed by atoms with Gasteiger partial charge in [0, 0.05) is 132 Å². The van der Waals surface area contributed by atoms with Crippen LogP contribution >= 0.6 is 68.4 Å². The lowest BCUT2D eigenvalue weighted by atomic mass is 10.3. The molecular formula is C72H89N15O2S6. The largest absolute Gasteiger partial charge is 0.441 e. The molecule has 0 bridgehead atoms. The molecular weight excluding hydrogens is 1300 g/mol. The predicted molar refractivity (Wildman–Crippen MR) is 407 cm³/mol. The first-order chi connectivity index (χ1) is 45.0. The molecule has 0 saturated heterocycles. The number of hydrogen-bond donors (Lipinski definition) is 2. The van der Waals surface area contributed by atoms with Crippen LogP contribution in [0.2, 0.25) is 0 Å². The second kappa shape index (κ2) is 50.4. The minimum Gasteiger partial charge on any atom is -0.441 e. The van der Waals surface area contributed by atoms with Gasteiger partial charge in [0.15, 0.2) is 28.6 Å². The number of para-hydroxylation sites is 3. The molecule has 15 aromatic rings. The van der Waals surface area contributed by atoms with Gasteiger partial charge >= 0.3 is 0 Å². The van der Waals surface area contributed by atoms with Gasteiger partial charge in [-0.25, -0.2) is 29.9 Å². The summed E-state index contributed by atoms with van der Waals surface area (Å²) in [6.45, 7) is 26.8. The lowest BCUT2D eigenvalue weighted by Crippen LogP contribution is -1.75. The number of aromatic amines is 2. The van der Waals surface area contributed by atoms with Gasteiger partial charge in [0.05, 0.1) is 36.3 Å². The van der Waals surface area contributed by atoms with Gasteiger partial charge in [-0.2, -0.15) is 4.98 Å². The Bertz CT molecular complexity index is 3560. The first kappa shape index (κ1) is 82.0. The Morgan fingerprint density at radius 1 is 0.453 bits per heavy atom. The van der Waals surface area contributed by atoms with Crippen molar-refractivity contribution in [2.45, 2.75) is 105 Å². The van der Waals surface area contributed by atoms with Crippen molar-refractivity contribution in [2.24, 2.45) is 4.99 Å². The Morgan fingerprint density at radius 3 is 1.54 bits per heavy atom. The van der Waals surface area contributed by atoms with Crippen molar-refractivity contribution in [3.63, 3.8) is 0 Å². The van der Waals surface area contributed by atoms with Gasteiger partial charge in [0.1, 0.15) is 17.7 Å². The summed E-state index contributed by atoms with van der Waals surface area (Å²) in [5.74, 6) is 3.55. The Balaban J connectivity index is 0.000000352. The summed E-state index contributed by atoms with van der Waals surface area (Å²) < 4.78 is 11.7. The van der Waals surface area contributed by atoms with Crippen molar-refractivity contribution < 1.29 is 8.83 Å². The van der Waals surface area contributed by atoms with E-state index in [4.69, 9.17) is 8.83 Å². The van der Waals surface area contributed by atoms with Crippen LogP contribution in [0.15, 0.2) is 231 Å². The van der Waals surface area contributed by atoms with Crippen LogP contribution in [0.4, 0.5) is 0 Å². The molecule has 16 rings (SSSR count). The summed E-state index contributed by atoms with van der Waals surface area (Å²) in [5.41, 5.74) is 13.7. The number of oxazole rings is 2. The van der Waals surface area contributed by atoms with Crippen LogP contribution in [0.1, 0.15) is 87.4 Å². The van der Waals surface area contributed by atoms with E-state index >= 15 is 0 Å². The molecule has 0 atom stereocenters. The van der Waals surface area contributed by atoms with Gasteiger partial charge in [-0.15, -0.1) is 68.4 Å². The van der Waals surface area contributed by atoms with E-state index in [2.05, 4.69) is 112 Å². The highest BCUT2D eigenvalue weighted by molar-refractivity contribution is 8.14. The van der Waals surface area contributed by atoms with Crippen LogP contribution in [-0.4, -0.2) is 87.1 Å². The number of benzene rings is 2. The van der Waals surface area contributed by atoms with E-state index in [0.29, 0.717) is 11.5 Å². The Labute approximate surface area is 585 Å². The lowest BCUT2D eigenvalue weighted by Gasteiger charge is -1.82. The molecule has 0 spiro atoms. The Morgan fingerprint density at radius 2 is 1.16 bits per heavy atom. The molecule has 0 saturated carbocycles. The van der Waals surface area contributed by atoms with Crippen molar-refractivity contribution >= 4 is 106 Å². The molecule has 1 aliphatic heterocycles. The predicted octanol–water partition coefficient (Wildman–Crippen LogP) is 20.7. The molecule has 14 heterocycles. The molecule has 0 amide bonds. The van der Waals surface area contributed by atoms with Gasteiger partial charge in [0.25, 0.3) is 0 Å². The maximum atomic E-state index is 5.26. The third kappa shape index (κ3) is 39.9. The summed E-state index contributed by atoms with van der Waals surface area (Å²) in [7, 11) is 0. The number of fused-ring (bicyclic) bond motifs is 3. The van der Waals surface area contributed by atoms with Crippen LogP contribution in [0.3, 0.4) is 0 Å². The van der Waals surface area contributed by atoms with Crippen LogP contribution in [-0.2, 0) is 0 Å². The zero-order chi connectivity index (χ0) is 67.1. The third-order valence-electron chi connectivity index (χ3n) is 10.8. The van der Waals surface area contributed by atoms with Crippen LogP contribution < -0.4 is 0 Å². The average Bonchev–Trinajstić information content (AvgIpc) is 1.80. The van der Waals surface area contributed by atoms with Crippen molar-refractivity contribution in [3.8, 4) is 0 Å². The first-order valence-corrected chi connectivity index (χ1v) is 34.5. The number of thiophene rings is 1. The quantitative estimate of drug-likeness (QED) is 0.144. The van der Waals surface area contributed by atoms with Gasteiger partial charge in [-0.3, -0.25) is 29.9 Å². The first-order valence-electron chi connectivity index (χ1n) is 29.1. The molecule has 13 aromatic heterocycles. The van der Waals surface area contributed by atoms with E-state index in [1.54, 1.807) is 106 Å². The zero-order valence-electron chi connectivity index (χ0n) is 54.8. The van der Waals surface area contributed by atoms with Crippen molar-refractivity contribution in [1.82, 2.24) is 69.8 Å². The zero-order valence-corrected chi connectivity index (χ0v) is 59.7. The maximum absolute atomic E-state index is 5.26. The fourth-order valence-electron chi connectivity index (χ4n) is 6.54. The second-order valence-electron chi connectivity index (χ2n) is 19.2. The van der Waals surface area contributed by atoms with Crippen LogP contribution in [0.25, 0.3) is 32.5 Å². The summed E-state index contributed by atoms with van der Waals surface area (Å²) in [4.78, 5) is 60.2. The number of pyridine rings is 3. The molecule has 2 N–H and O–H groups in total. The van der Waals surface area contributed by atoms with Crippen molar-refractivity contribution in [2.75, 3.05) is 12.3 Å². The molecule has 0 unspecified atom stereocenters. The molecule has 0 radical (unpaired) electrons. The van der Waals surface area contributed by atoms with Gasteiger partial charge < -0.3 is 18.8 Å². The summed E-state index contributed by atoms with van der Waals surface area (Å²) in [6, 6.07) is 37.6. The number of aromatic nitrogens is 14. The maximum Gasteiger partial charge on any atom is 0.198 e. The van der Waals surface area contributed by atoms with Crippen molar-refractivity contribution in [3.05, 3.63) is 282 Å². The minimum absolute atomic E-state index is 0. The smallest absolute Gasteiger partial charge is 0.198 e. The van der Waals surface area contributed by atoms with Crippen LogP contribution in [0.5, 0.6) is 0 Å². The second-order valence-corrected chi connectivity index (χ2v) is 25.8. The standard InChI is InChI=1S/C8H7NO.C8H7NS.C7H6N2O.2C6H7N.C5H6N2.C5H7N.C5H6S.C4H6N2.2C4H5NS.C4H7NS.C4H5NS.2CH4/c2*1-6-9-7-4-2-3-5-8(7)10-6;1-5-9-7-6(10-5)3-2-4-8-7;1-6-3-2-4-7-5-6;1-6-4-2-3-5-7-6;1-5-2-6-4-7-3-5;2*1-5-3-2-4-6-5;1-4-5-2-3-6-4;1-4-2-6-3-5-4;1-4-2-5-3-6-4;2*1-4-5-2-3-6-4;;/h2*2-5H,1H3;2-4H,1H3;2*2-5H,1H3;2-4H,1H3;2-4,6H,1H3;2-4H,1H3;2-3H,1H3,(H,5,6);2*2-3H,1H3;2-3H2,1H3;2-3H,1H3;2*1H4. The number of thioether (sulfide) groups is 1. The molecule has 23 heteroatoms. The summed E-state index contributed by atoms with van der Waals surface area (Å²) in [5, 5.41) is 9.58. The molecule has 0 aliphatic carbocycles. The highest BCUT2D eigenvalue weighted by Crippen LogP contribution is 2.20. The van der Waals surface area contributed by atoms with E-state index in [1.807, 2.05) is 225 Å². The summed E-state index contributed by atoms with van der Waals surface area (Å²) >= 11 is 10.3. The number of aryl methyl sites for hydroxylation is 12. The SMILES string of the molecule is C.C.CC1=NCCS1.Cc1ccc[nH]1.Cc1ccccn1.Cc1cccnc1.Cc1cccs1.Cc1cncnc1.Cc1cncs1.Cc1cscn1.Cc1nc2ccccc2o1.Cc1nc2ccccc2s1.Cc1nc2ncccc2o1.Cc1ncc[nH]1.Cc1nccs1. The minimum atomic E-state index is 0. The topological polar surface area (TPSA) is 225 Å². The number of thiazole rings is 4. The van der Waals surface area contributed by atoms with E-state index in [1.165, 1.54) is 42.8 Å². The number of imidazole rings is 1. The highest BCUT2D eigenvalue weighted by atomic mass is 32.2. The molecule has 17 nitrogen and oxygen atoms in total.